The van der Waals surface area contributed by atoms with Gasteiger partial charge in [0.1, 0.15) is 4.83 Å². The third-order valence-electron chi connectivity index (χ3n) is 3.89. The molecule has 0 fully saturated rings. The summed E-state index contributed by atoms with van der Waals surface area (Å²) < 4.78 is 1.41. The van der Waals surface area contributed by atoms with E-state index in [0.29, 0.717) is 11.0 Å². The Labute approximate surface area is 138 Å². The molecule has 5 aromatic rings. The van der Waals surface area contributed by atoms with Gasteiger partial charge in [-0.15, -0.1) is 22.7 Å². The molecule has 0 unspecified atom stereocenters. The van der Waals surface area contributed by atoms with Crippen LogP contribution in [0.15, 0.2) is 58.1 Å². The van der Waals surface area contributed by atoms with E-state index >= 15 is 0 Å². The summed E-state index contributed by atoms with van der Waals surface area (Å²) in [4.78, 5) is 19.5. The number of hydrogen-bond acceptors (Lipinski definition) is 5. The summed E-state index contributed by atoms with van der Waals surface area (Å²) in [5.74, 6) is 0. The highest BCUT2D eigenvalue weighted by Crippen LogP contribution is 2.34. The summed E-state index contributed by atoms with van der Waals surface area (Å²) in [6.45, 7) is 0. The first-order chi connectivity index (χ1) is 11.3. The molecule has 0 spiro atoms. The fourth-order valence-corrected chi connectivity index (χ4v) is 4.56. The Hall–Kier alpha value is -2.57. The van der Waals surface area contributed by atoms with Crippen LogP contribution in [0, 0.1) is 0 Å². The van der Waals surface area contributed by atoms with Crippen LogP contribution in [0.25, 0.3) is 37.1 Å². The Kier molecular flexibility index (Phi) is 2.65. The lowest BCUT2D eigenvalue weighted by molar-refractivity contribution is 0.893. The number of nitrogens with zero attached hydrogens (tertiary/aromatic N) is 3. The van der Waals surface area contributed by atoms with Crippen molar-refractivity contribution < 1.29 is 0 Å². The maximum Gasteiger partial charge on any atom is 0.283 e. The predicted octanol–water partition coefficient (Wildman–Crippen LogP) is 4.19. The van der Waals surface area contributed by atoms with Crippen LogP contribution < -0.4 is 5.56 Å². The maximum absolute atomic E-state index is 13.0. The average Bonchev–Trinajstić information content (AvgIpc) is 3.24. The summed E-state index contributed by atoms with van der Waals surface area (Å²) in [7, 11) is 0. The standard InChI is InChI=1S/C17H9N3OS2/c21-17-14-12(13-6-3-7-22-13)9-23-16(14)19-15-11-5-2-1-4-10(11)8-18-20(15)17/h1-9H. The van der Waals surface area contributed by atoms with Gasteiger partial charge in [-0.3, -0.25) is 4.79 Å². The Balaban J connectivity index is 1.98. The largest absolute Gasteiger partial charge is 0.283 e. The van der Waals surface area contributed by atoms with Gasteiger partial charge < -0.3 is 0 Å². The molecular weight excluding hydrogens is 326 g/mol. The van der Waals surface area contributed by atoms with Gasteiger partial charge in [0.25, 0.3) is 5.56 Å². The SMILES string of the molecule is O=c1c2c(-c3cccs3)csc2nc2c3ccccc3cnn12. The van der Waals surface area contributed by atoms with Crippen LogP contribution in [0.2, 0.25) is 0 Å². The smallest absolute Gasteiger partial charge is 0.267 e. The van der Waals surface area contributed by atoms with Gasteiger partial charge in [0.2, 0.25) is 0 Å². The van der Waals surface area contributed by atoms with Crippen molar-refractivity contribution in [2.45, 2.75) is 0 Å². The van der Waals surface area contributed by atoms with Crippen LogP contribution in [-0.2, 0) is 0 Å². The highest BCUT2D eigenvalue weighted by Gasteiger charge is 2.16. The molecule has 0 saturated carbocycles. The van der Waals surface area contributed by atoms with E-state index in [2.05, 4.69) is 5.10 Å². The number of hydrogen-bond donors (Lipinski definition) is 0. The fourth-order valence-electron chi connectivity index (χ4n) is 2.81. The van der Waals surface area contributed by atoms with E-state index in [-0.39, 0.29) is 5.56 Å². The molecule has 0 atom stereocenters. The Morgan fingerprint density at radius 1 is 1.04 bits per heavy atom. The highest BCUT2D eigenvalue weighted by atomic mass is 32.1. The molecule has 23 heavy (non-hydrogen) atoms. The van der Waals surface area contributed by atoms with Crippen LogP contribution >= 0.6 is 22.7 Å². The van der Waals surface area contributed by atoms with E-state index in [1.54, 1.807) is 17.5 Å². The van der Waals surface area contributed by atoms with E-state index in [0.717, 1.165) is 26.0 Å². The van der Waals surface area contributed by atoms with Crippen molar-refractivity contribution >= 4 is 49.3 Å². The van der Waals surface area contributed by atoms with E-state index in [1.807, 2.05) is 47.2 Å². The van der Waals surface area contributed by atoms with E-state index in [9.17, 15) is 4.79 Å². The number of rotatable bonds is 1. The lowest BCUT2D eigenvalue weighted by Gasteiger charge is -2.04. The van der Waals surface area contributed by atoms with E-state index in [4.69, 9.17) is 4.98 Å². The zero-order valence-corrected chi connectivity index (χ0v) is 13.4. The third-order valence-corrected chi connectivity index (χ3v) is 5.66. The molecule has 4 heterocycles. The van der Waals surface area contributed by atoms with Crippen LogP contribution in [0.3, 0.4) is 0 Å². The molecule has 1 aromatic carbocycles. The highest BCUT2D eigenvalue weighted by molar-refractivity contribution is 7.18. The van der Waals surface area contributed by atoms with Crippen molar-refractivity contribution in [2.24, 2.45) is 0 Å². The molecule has 0 aliphatic rings. The van der Waals surface area contributed by atoms with Gasteiger partial charge in [-0.05, 0) is 11.4 Å². The van der Waals surface area contributed by atoms with Gasteiger partial charge in [0, 0.05) is 26.6 Å². The summed E-state index contributed by atoms with van der Waals surface area (Å²) in [5, 5.41) is 10.9. The minimum atomic E-state index is -0.111. The molecule has 5 rings (SSSR count). The normalized spacial score (nSPS) is 11.7. The molecule has 0 aliphatic heterocycles. The molecule has 0 radical (unpaired) electrons. The van der Waals surface area contributed by atoms with Crippen molar-refractivity contribution in [3.63, 3.8) is 0 Å². The number of fused-ring (bicyclic) bond motifs is 4. The van der Waals surface area contributed by atoms with Crippen molar-refractivity contribution in [1.82, 2.24) is 14.6 Å². The van der Waals surface area contributed by atoms with Crippen molar-refractivity contribution in [3.05, 3.63) is 63.7 Å². The molecule has 110 valence electrons. The van der Waals surface area contributed by atoms with Crippen molar-refractivity contribution in [2.75, 3.05) is 0 Å². The van der Waals surface area contributed by atoms with Crippen LogP contribution in [-0.4, -0.2) is 14.6 Å². The molecular formula is C17H9N3OS2. The van der Waals surface area contributed by atoms with Gasteiger partial charge in [-0.25, -0.2) is 4.98 Å². The predicted molar refractivity (Wildman–Crippen MR) is 95.5 cm³/mol. The van der Waals surface area contributed by atoms with Gasteiger partial charge in [0.15, 0.2) is 5.65 Å². The summed E-state index contributed by atoms with van der Waals surface area (Å²) in [5.41, 5.74) is 1.45. The quantitative estimate of drug-likeness (QED) is 0.432. The molecule has 0 saturated heterocycles. The van der Waals surface area contributed by atoms with Crippen molar-refractivity contribution in [1.29, 1.82) is 0 Å². The van der Waals surface area contributed by atoms with E-state index < -0.39 is 0 Å². The monoisotopic (exact) mass is 335 g/mol. The average molecular weight is 335 g/mol. The first-order valence-electron chi connectivity index (χ1n) is 7.05. The summed E-state index contributed by atoms with van der Waals surface area (Å²) in [6.07, 6.45) is 1.72. The molecule has 0 bridgehead atoms. The van der Waals surface area contributed by atoms with Crippen LogP contribution in [0.1, 0.15) is 0 Å². The second kappa shape index (κ2) is 4.71. The molecule has 4 nitrogen and oxygen atoms in total. The molecule has 0 aliphatic carbocycles. The van der Waals surface area contributed by atoms with Crippen LogP contribution in [0.4, 0.5) is 0 Å². The fraction of sp³-hybridized carbons (Fsp3) is 0. The topological polar surface area (TPSA) is 47.3 Å². The molecule has 0 amide bonds. The van der Waals surface area contributed by atoms with Crippen LogP contribution in [0.5, 0.6) is 0 Å². The van der Waals surface area contributed by atoms with Crippen molar-refractivity contribution in [3.8, 4) is 10.4 Å². The van der Waals surface area contributed by atoms with Gasteiger partial charge in [0.05, 0.1) is 11.6 Å². The zero-order chi connectivity index (χ0) is 15.4. The zero-order valence-electron chi connectivity index (χ0n) is 11.8. The number of thiophene rings is 2. The second-order valence-electron chi connectivity index (χ2n) is 5.19. The minimum absolute atomic E-state index is 0.111. The lowest BCUT2D eigenvalue weighted by atomic mass is 10.2. The second-order valence-corrected chi connectivity index (χ2v) is 7.00. The van der Waals surface area contributed by atoms with Gasteiger partial charge >= 0.3 is 0 Å². The molecule has 4 aromatic heterocycles. The van der Waals surface area contributed by atoms with Gasteiger partial charge in [-0.2, -0.15) is 9.61 Å². The first-order valence-corrected chi connectivity index (χ1v) is 8.81. The Morgan fingerprint density at radius 3 is 2.83 bits per heavy atom. The minimum Gasteiger partial charge on any atom is -0.267 e. The van der Waals surface area contributed by atoms with E-state index in [1.165, 1.54) is 15.9 Å². The third kappa shape index (κ3) is 1.79. The first kappa shape index (κ1) is 12.9. The lowest BCUT2D eigenvalue weighted by Crippen LogP contribution is -2.17. The number of aromatic nitrogens is 3. The summed E-state index contributed by atoms with van der Waals surface area (Å²) in [6, 6.07) is 11.9. The maximum atomic E-state index is 13.0. The summed E-state index contributed by atoms with van der Waals surface area (Å²) >= 11 is 3.13. The Morgan fingerprint density at radius 2 is 1.96 bits per heavy atom. The Bertz CT molecular complexity index is 1240. The van der Waals surface area contributed by atoms with Gasteiger partial charge in [-0.1, -0.05) is 30.3 Å². The molecule has 6 heteroatoms. The number of benzene rings is 1. The molecule has 0 N–H and O–H groups in total.